The Balaban J connectivity index is 1.56. The molecular weight excluding hydrogens is 466 g/mol. The zero-order valence-corrected chi connectivity index (χ0v) is 20.4. The van der Waals surface area contributed by atoms with E-state index in [1.54, 1.807) is 25.1 Å². The third kappa shape index (κ3) is 5.98. The number of rotatable bonds is 8. The van der Waals surface area contributed by atoms with Crippen LogP contribution in [0.5, 0.6) is 0 Å². The zero-order chi connectivity index (χ0) is 24.8. The number of carbonyl (C=O) groups excluding carboxylic acids is 2. The van der Waals surface area contributed by atoms with Gasteiger partial charge in [0.2, 0.25) is 15.9 Å². The molecule has 4 rings (SSSR count). The van der Waals surface area contributed by atoms with Gasteiger partial charge in [0.1, 0.15) is 6.04 Å². The standard InChI is InChI=1S/C26H29N3O5S/c1-19-12-13-21(18-24(19)35(32,33)29-14-6-3-7-15-29)27-25(30)22(17-20-9-4-2-5-10-20)28-26(31)23-11-8-16-34-23/h2,4-5,8-13,16,18,22H,3,6-7,14-15,17H2,1H3,(H,27,30)(H,28,31)/t22-/m0/s1. The Hall–Kier alpha value is -3.43. The van der Waals surface area contributed by atoms with Crippen LogP contribution in [0.15, 0.2) is 76.2 Å². The molecule has 1 aliphatic heterocycles. The molecule has 1 fully saturated rings. The quantitative estimate of drug-likeness (QED) is 0.495. The monoisotopic (exact) mass is 495 g/mol. The van der Waals surface area contributed by atoms with Gasteiger partial charge >= 0.3 is 0 Å². The number of amides is 2. The van der Waals surface area contributed by atoms with Crippen molar-refractivity contribution in [1.29, 1.82) is 0 Å². The lowest BCUT2D eigenvalue weighted by molar-refractivity contribution is -0.118. The lowest BCUT2D eigenvalue weighted by Crippen LogP contribution is -2.45. The number of hydrogen-bond donors (Lipinski definition) is 2. The molecule has 2 amide bonds. The largest absolute Gasteiger partial charge is 0.459 e. The number of sulfonamides is 1. The summed E-state index contributed by atoms with van der Waals surface area (Å²) >= 11 is 0. The van der Waals surface area contributed by atoms with Crippen molar-refractivity contribution in [3.05, 3.63) is 83.8 Å². The highest BCUT2D eigenvalue weighted by atomic mass is 32.2. The summed E-state index contributed by atoms with van der Waals surface area (Å²) in [5, 5.41) is 5.51. The first-order valence-corrected chi connectivity index (χ1v) is 13.1. The minimum absolute atomic E-state index is 0.0982. The molecule has 0 aliphatic carbocycles. The van der Waals surface area contributed by atoms with E-state index >= 15 is 0 Å². The highest BCUT2D eigenvalue weighted by Gasteiger charge is 2.28. The molecule has 1 aromatic heterocycles. The van der Waals surface area contributed by atoms with Crippen LogP contribution in [0.1, 0.15) is 40.9 Å². The van der Waals surface area contributed by atoms with Gasteiger partial charge in [-0.3, -0.25) is 9.59 Å². The molecule has 184 valence electrons. The SMILES string of the molecule is Cc1ccc(NC(=O)[C@H](Cc2ccccc2)NC(=O)c2ccco2)cc1S(=O)(=O)N1CCCCC1. The summed E-state index contributed by atoms with van der Waals surface area (Å²) in [5.74, 6) is -0.872. The van der Waals surface area contributed by atoms with Gasteiger partial charge < -0.3 is 15.1 Å². The van der Waals surface area contributed by atoms with Crippen LogP contribution in [0.3, 0.4) is 0 Å². The number of benzene rings is 2. The molecule has 9 heteroatoms. The van der Waals surface area contributed by atoms with Gasteiger partial charge in [0.15, 0.2) is 5.76 Å². The summed E-state index contributed by atoms with van der Waals surface area (Å²) < 4.78 is 33.1. The molecule has 1 aliphatic rings. The number of carbonyl (C=O) groups is 2. The molecule has 3 aromatic rings. The molecule has 0 unspecified atom stereocenters. The Bertz CT molecular complexity index is 1270. The van der Waals surface area contributed by atoms with Crippen LogP contribution in [0, 0.1) is 6.92 Å². The summed E-state index contributed by atoms with van der Waals surface area (Å²) in [6.07, 6.45) is 4.34. The molecule has 2 aromatic carbocycles. The van der Waals surface area contributed by atoms with Crippen molar-refractivity contribution in [3.63, 3.8) is 0 Å². The van der Waals surface area contributed by atoms with Crippen molar-refractivity contribution in [2.45, 2.75) is 43.5 Å². The van der Waals surface area contributed by atoms with Crippen LogP contribution in [0.4, 0.5) is 5.69 Å². The van der Waals surface area contributed by atoms with Crippen LogP contribution < -0.4 is 10.6 Å². The molecule has 1 atom stereocenters. The summed E-state index contributed by atoms with van der Waals surface area (Å²) in [4.78, 5) is 26.0. The number of furan rings is 1. The molecule has 0 spiro atoms. The molecular formula is C26H29N3O5S. The van der Waals surface area contributed by atoms with E-state index in [4.69, 9.17) is 4.42 Å². The van der Waals surface area contributed by atoms with Gasteiger partial charge in [-0.15, -0.1) is 0 Å². The first kappa shape index (κ1) is 24.7. The van der Waals surface area contributed by atoms with Crippen LogP contribution in [0.2, 0.25) is 0 Å². The average Bonchev–Trinajstić information content (AvgIpc) is 3.41. The predicted octanol–water partition coefficient (Wildman–Crippen LogP) is 3.74. The minimum Gasteiger partial charge on any atom is -0.459 e. The number of nitrogens with one attached hydrogen (secondary N) is 2. The molecule has 0 saturated carbocycles. The van der Waals surface area contributed by atoms with Crippen molar-refractivity contribution in [2.75, 3.05) is 18.4 Å². The van der Waals surface area contributed by atoms with E-state index in [2.05, 4.69) is 10.6 Å². The highest BCUT2D eigenvalue weighted by molar-refractivity contribution is 7.89. The smallest absolute Gasteiger partial charge is 0.287 e. The second-order valence-corrected chi connectivity index (χ2v) is 10.5. The molecule has 8 nitrogen and oxygen atoms in total. The van der Waals surface area contributed by atoms with Crippen LogP contribution in [0.25, 0.3) is 0 Å². The van der Waals surface area contributed by atoms with E-state index in [1.807, 2.05) is 30.3 Å². The van der Waals surface area contributed by atoms with Gasteiger partial charge in [-0.2, -0.15) is 4.31 Å². The van der Waals surface area contributed by atoms with E-state index in [0.29, 0.717) is 24.3 Å². The number of anilines is 1. The van der Waals surface area contributed by atoms with Gasteiger partial charge in [-0.1, -0.05) is 42.8 Å². The van der Waals surface area contributed by atoms with Crippen molar-refractivity contribution in [3.8, 4) is 0 Å². The lowest BCUT2D eigenvalue weighted by atomic mass is 10.0. The molecule has 0 bridgehead atoms. The number of nitrogens with zero attached hydrogens (tertiary/aromatic N) is 1. The van der Waals surface area contributed by atoms with Crippen LogP contribution >= 0.6 is 0 Å². The second kappa shape index (κ2) is 10.9. The second-order valence-electron chi connectivity index (χ2n) is 8.63. The van der Waals surface area contributed by atoms with Crippen LogP contribution in [-0.4, -0.2) is 43.7 Å². The topological polar surface area (TPSA) is 109 Å². The maximum atomic E-state index is 13.3. The number of aryl methyl sites for hydroxylation is 1. The zero-order valence-electron chi connectivity index (χ0n) is 19.6. The van der Waals surface area contributed by atoms with Gasteiger partial charge in [0, 0.05) is 25.2 Å². The maximum Gasteiger partial charge on any atom is 0.287 e. The van der Waals surface area contributed by atoms with Gasteiger partial charge in [-0.25, -0.2) is 8.42 Å². The van der Waals surface area contributed by atoms with Gasteiger partial charge in [0.25, 0.3) is 5.91 Å². The normalized spacial score (nSPS) is 15.3. The third-order valence-electron chi connectivity index (χ3n) is 6.04. The summed E-state index contributed by atoms with van der Waals surface area (Å²) in [6, 6.07) is 16.4. The fourth-order valence-electron chi connectivity index (χ4n) is 4.13. The van der Waals surface area contributed by atoms with Crippen LogP contribution in [-0.2, 0) is 21.2 Å². The van der Waals surface area contributed by atoms with Gasteiger partial charge in [-0.05, 0) is 55.2 Å². The van der Waals surface area contributed by atoms with E-state index in [9.17, 15) is 18.0 Å². The molecule has 0 radical (unpaired) electrons. The average molecular weight is 496 g/mol. The molecule has 35 heavy (non-hydrogen) atoms. The fraction of sp³-hybridized carbons (Fsp3) is 0.308. The minimum atomic E-state index is -3.67. The maximum absolute atomic E-state index is 13.3. The first-order chi connectivity index (χ1) is 16.8. The molecule has 1 saturated heterocycles. The lowest BCUT2D eigenvalue weighted by Gasteiger charge is -2.27. The summed E-state index contributed by atoms with van der Waals surface area (Å²) in [7, 11) is -3.67. The van der Waals surface area contributed by atoms with Crippen molar-refractivity contribution in [2.24, 2.45) is 0 Å². The Kier molecular flexibility index (Phi) is 7.67. The molecule has 2 heterocycles. The first-order valence-electron chi connectivity index (χ1n) is 11.6. The Morgan fingerprint density at radius 2 is 1.74 bits per heavy atom. The number of hydrogen-bond acceptors (Lipinski definition) is 5. The Morgan fingerprint density at radius 3 is 2.43 bits per heavy atom. The molecule has 2 N–H and O–H groups in total. The van der Waals surface area contributed by atoms with Crippen molar-refractivity contribution in [1.82, 2.24) is 9.62 Å². The fourth-order valence-corrected chi connectivity index (χ4v) is 5.89. The van der Waals surface area contributed by atoms with Crippen molar-refractivity contribution < 1.29 is 22.4 Å². The van der Waals surface area contributed by atoms with E-state index < -0.39 is 27.9 Å². The predicted molar refractivity (Wildman–Crippen MR) is 133 cm³/mol. The highest BCUT2D eigenvalue weighted by Crippen LogP contribution is 2.26. The number of piperidine rings is 1. The van der Waals surface area contributed by atoms with Crippen molar-refractivity contribution >= 4 is 27.5 Å². The third-order valence-corrected chi connectivity index (χ3v) is 8.08. The van der Waals surface area contributed by atoms with E-state index in [0.717, 1.165) is 24.8 Å². The van der Waals surface area contributed by atoms with E-state index in [-0.39, 0.29) is 17.1 Å². The summed E-state index contributed by atoms with van der Waals surface area (Å²) in [6.45, 7) is 2.73. The Morgan fingerprint density at radius 1 is 1.00 bits per heavy atom. The van der Waals surface area contributed by atoms with E-state index in [1.165, 1.54) is 22.7 Å². The Labute approximate surface area is 205 Å². The van der Waals surface area contributed by atoms with Gasteiger partial charge in [0.05, 0.1) is 11.2 Å². The summed E-state index contributed by atoms with van der Waals surface area (Å²) in [5.41, 5.74) is 1.83.